The van der Waals surface area contributed by atoms with Gasteiger partial charge in [-0.25, -0.2) is 9.78 Å². The van der Waals surface area contributed by atoms with Crippen LogP contribution in [0, 0.1) is 0 Å². The number of carbonyl (C=O) groups is 1. The Balaban J connectivity index is 1.70. The van der Waals surface area contributed by atoms with Gasteiger partial charge >= 0.3 is 5.97 Å². The molecular formula is C20H20N2O3. The molecule has 2 aromatic carbocycles. The first-order valence-corrected chi connectivity index (χ1v) is 8.06. The first kappa shape index (κ1) is 16.8. The van der Waals surface area contributed by atoms with Crippen LogP contribution in [-0.4, -0.2) is 22.6 Å². The van der Waals surface area contributed by atoms with Gasteiger partial charge in [-0.1, -0.05) is 42.5 Å². The van der Waals surface area contributed by atoms with Gasteiger partial charge in [-0.2, -0.15) is 0 Å². The van der Waals surface area contributed by atoms with Crippen LogP contribution in [0.15, 0.2) is 67.1 Å². The number of hydrogen-bond acceptors (Lipinski definition) is 4. The Morgan fingerprint density at radius 3 is 2.52 bits per heavy atom. The lowest BCUT2D eigenvalue weighted by molar-refractivity contribution is 0.0587. The highest BCUT2D eigenvalue weighted by Gasteiger charge is 2.17. The first-order valence-electron chi connectivity index (χ1n) is 8.06. The number of aromatic nitrogens is 2. The van der Waals surface area contributed by atoms with E-state index in [0.29, 0.717) is 12.3 Å². The van der Waals surface area contributed by atoms with Crippen LogP contribution in [0.2, 0.25) is 0 Å². The highest BCUT2D eigenvalue weighted by atomic mass is 16.5. The summed E-state index contributed by atoms with van der Waals surface area (Å²) in [7, 11) is 1.36. The van der Waals surface area contributed by atoms with Crippen molar-refractivity contribution in [2.24, 2.45) is 0 Å². The molecule has 0 saturated carbocycles. The van der Waals surface area contributed by atoms with Crippen LogP contribution in [0.3, 0.4) is 0 Å². The van der Waals surface area contributed by atoms with Gasteiger partial charge < -0.3 is 14.0 Å². The minimum Gasteiger partial charge on any atom is -0.489 e. The van der Waals surface area contributed by atoms with Crippen molar-refractivity contribution >= 4 is 5.97 Å². The van der Waals surface area contributed by atoms with E-state index in [1.807, 2.05) is 61.5 Å². The Labute approximate surface area is 146 Å². The molecule has 1 aromatic heterocycles. The van der Waals surface area contributed by atoms with Crippen molar-refractivity contribution in [1.29, 1.82) is 0 Å². The lowest BCUT2D eigenvalue weighted by atomic mass is 10.1. The van der Waals surface area contributed by atoms with E-state index < -0.39 is 5.97 Å². The summed E-state index contributed by atoms with van der Waals surface area (Å²) < 4.78 is 12.4. The predicted molar refractivity (Wildman–Crippen MR) is 94.6 cm³/mol. The lowest BCUT2D eigenvalue weighted by Crippen LogP contribution is -2.14. The van der Waals surface area contributed by atoms with Crippen LogP contribution in [0.5, 0.6) is 5.75 Å². The second-order valence-electron chi connectivity index (χ2n) is 5.70. The van der Waals surface area contributed by atoms with E-state index >= 15 is 0 Å². The van der Waals surface area contributed by atoms with Gasteiger partial charge in [0.2, 0.25) is 0 Å². The maximum atomic E-state index is 11.8. The second kappa shape index (κ2) is 7.66. The molecule has 1 heterocycles. The smallest absolute Gasteiger partial charge is 0.356 e. The molecule has 0 fully saturated rings. The Hall–Kier alpha value is -3.08. The predicted octanol–water partition coefficient (Wildman–Crippen LogP) is 3.86. The molecule has 1 unspecified atom stereocenters. The number of nitrogens with zero attached hydrogens (tertiary/aromatic N) is 2. The molecular weight excluding hydrogens is 316 g/mol. The molecule has 0 N–H and O–H groups in total. The summed E-state index contributed by atoms with van der Waals surface area (Å²) >= 11 is 0. The molecule has 1 atom stereocenters. The third-order valence-corrected chi connectivity index (χ3v) is 4.09. The molecule has 0 aliphatic rings. The van der Waals surface area contributed by atoms with Gasteiger partial charge in [0.25, 0.3) is 0 Å². The van der Waals surface area contributed by atoms with Crippen LogP contribution in [0.25, 0.3) is 0 Å². The number of imidazole rings is 1. The summed E-state index contributed by atoms with van der Waals surface area (Å²) in [6, 6.07) is 17.8. The summed E-state index contributed by atoms with van der Waals surface area (Å²) in [5.74, 6) is 0.408. The van der Waals surface area contributed by atoms with E-state index in [0.717, 1.165) is 16.9 Å². The van der Waals surface area contributed by atoms with Gasteiger partial charge in [-0.3, -0.25) is 0 Å². The second-order valence-corrected chi connectivity index (χ2v) is 5.70. The van der Waals surface area contributed by atoms with Crippen LogP contribution >= 0.6 is 0 Å². The molecule has 5 nitrogen and oxygen atoms in total. The topological polar surface area (TPSA) is 53.3 Å². The largest absolute Gasteiger partial charge is 0.489 e. The molecule has 3 rings (SSSR count). The van der Waals surface area contributed by atoms with Gasteiger partial charge in [0.1, 0.15) is 18.1 Å². The van der Waals surface area contributed by atoms with Crippen LogP contribution < -0.4 is 4.74 Å². The van der Waals surface area contributed by atoms with Gasteiger partial charge in [-0.15, -0.1) is 0 Å². The van der Waals surface area contributed by atoms with E-state index in [4.69, 9.17) is 9.47 Å². The molecule has 0 amide bonds. The highest BCUT2D eigenvalue weighted by molar-refractivity contribution is 5.87. The average Bonchev–Trinajstić information content (AvgIpc) is 3.16. The summed E-state index contributed by atoms with van der Waals surface area (Å²) in [4.78, 5) is 15.9. The van der Waals surface area contributed by atoms with Crippen molar-refractivity contribution in [3.05, 3.63) is 83.9 Å². The van der Waals surface area contributed by atoms with Crippen molar-refractivity contribution in [1.82, 2.24) is 9.55 Å². The zero-order chi connectivity index (χ0) is 17.6. The zero-order valence-corrected chi connectivity index (χ0v) is 14.3. The molecule has 0 radical (unpaired) electrons. The quantitative estimate of drug-likeness (QED) is 0.642. The number of ether oxygens (including phenoxy) is 2. The van der Waals surface area contributed by atoms with Crippen molar-refractivity contribution in [2.75, 3.05) is 7.11 Å². The van der Waals surface area contributed by atoms with E-state index in [9.17, 15) is 4.79 Å². The monoisotopic (exact) mass is 336 g/mol. The number of carbonyl (C=O) groups excluding carboxylic acids is 1. The Bertz CT molecular complexity index is 826. The fraction of sp³-hybridized carbons (Fsp3) is 0.200. The van der Waals surface area contributed by atoms with Gasteiger partial charge in [0.05, 0.1) is 25.7 Å². The van der Waals surface area contributed by atoms with Crippen molar-refractivity contribution in [2.45, 2.75) is 19.6 Å². The molecule has 0 bridgehead atoms. The number of methoxy groups -OCH3 is 1. The van der Waals surface area contributed by atoms with Gasteiger partial charge in [-0.05, 0) is 30.2 Å². The van der Waals surface area contributed by atoms with Crippen LogP contribution in [0.1, 0.15) is 34.6 Å². The van der Waals surface area contributed by atoms with Crippen LogP contribution in [0.4, 0.5) is 0 Å². The number of esters is 1. The number of benzene rings is 2. The minimum absolute atomic E-state index is 0.0419. The van der Waals surface area contributed by atoms with Crippen molar-refractivity contribution < 1.29 is 14.3 Å². The standard InChI is InChI=1S/C20H20N2O3/c1-15(22-14-21-12-19(22)20(23)24-2)17-8-10-18(11-9-17)25-13-16-6-4-3-5-7-16/h3-12,14-15H,13H2,1-2H3. The molecule has 0 aliphatic carbocycles. The average molecular weight is 336 g/mol. The highest BCUT2D eigenvalue weighted by Crippen LogP contribution is 2.23. The SMILES string of the molecule is COC(=O)c1cncn1C(C)c1ccc(OCc2ccccc2)cc1. The number of hydrogen-bond donors (Lipinski definition) is 0. The lowest BCUT2D eigenvalue weighted by Gasteiger charge is -2.16. The third kappa shape index (κ3) is 3.88. The van der Waals surface area contributed by atoms with E-state index in [1.54, 1.807) is 10.9 Å². The summed E-state index contributed by atoms with van der Waals surface area (Å²) in [6.07, 6.45) is 3.15. The summed E-state index contributed by atoms with van der Waals surface area (Å²) in [5, 5.41) is 0. The van der Waals surface area contributed by atoms with E-state index in [1.165, 1.54) is 13.3 Å². The van der Waals surface area contributed by atoms with Crippen molar-refractivity contribution in [3.8, 4) is 5.75 Å². The molecule has 5 heteroatoms. The molecule has 0 aliphatic heterocycles. The fourth-order valence-electron chi connectivity index (χ4n) is 2.62. The Morgan fingerprint density at radius 1 is 1.12 bits per heavy atom. The van der Waals surface area contributed by atoms with Crippen molar-refractivity contribution in [3.63, 3.8) is 0 Å². The zero-order valence-electron chi connectivity index (χ0n) is 14.3. The van der Waals surface area contributed by atoms with E-state index in [-0.39, 0.29) is 6.04 Å². The maximum Gasteiger partial charge on any atom is 0.356 e. The Kier molecular flexibility index (Phi) is 5.14. The molecule has 0 saturated heterocycles. The number of rotatable bonds is 6. The van der Waals surface area contributed by atoms with Crippen LogP contribution in [-0.2, 0) is 11.3 Å². The molecule has 3 aromatic rings. The summed E-state index contributed by atoms with van der Waals surface area (Å²) in [6.45, 7) is 2.54. The molecule has 128 valence electrons. The normalized spacial score (nSPS) is 11.8. The van der Waals surface area contributed by atoms with E-state index in [2.05, 4.69) is 4.98 Å². The molecule has 25 heavy (non-hydrogen) atoms. The minimum atomic E-state index is -0.396. The Morgan fingerprint density at radius 2 is 1.84 bits per heavy atom. The van der Waals surface area contributed by atoms with Gasteiger partial charge in [0, 0.05) is 0 Å². The third-order valence-electron chi connectivity index (χ3n) is 4.09. The fourth-order valence-corrected chi connectivity index (χ4v) is 2.62. The first-order chi connectivity index (χ1) is 12.2. The van der Waals surface area contributed by atoms with Gasteiger partial charge in [0.15, 0.2) is 0 Å². The molecule has 0 spiro atoms. The summed E-state index contributed by atoms with van der Waals surface area (Å²) in [5.41, 5.74) is 2.61. The maximum absolute atomic E-state index is 11.8.